The molecule has 2 heterocycles. The van der Waals surface area contributed by atoms with E-state index in [1.165, 1.54) is 5.01 Å². The summed E-state index contributed by atoms with van der Waals surface area (Å²) >= 11 is 0. The van der Waals surface area contributed by atoms with Gasteiger partial charge >= 0.3 is 0 Å². The molecule has 0 fully saturated rings. The fraction of sp³-hybridized carbons (Fsp3) is 0.455. The second-order valence-electron chi connectivity index (χ2n) is 3.70. The largest absolute Gasteiger partial charge is 0.378 e. The van der Waals surface area contributed by atoms with Gasteiger partial charge in [-0.25, -0.2) is 5.01 Å². The molecule has 2 rings (SSSR count). The number of rotatable bonds is 5. The molecule has 0 aliphatic carbocycles. The monoisotopic (exact) mass is 236 g/mol. The Balaban J connectivity index is 1.92. The summed E-state index contributed by atoms with van der Waals surface area (Å²) in [6.07, 6.45) is 7.50. The first-order chi connectivity index (χ1) is 8.31. The lowest BCUT2D eigenvalue weighted by Crippen LogP contribution is -2.45. The maximum Gasteiger partial charge on any atom is 0.262 e. The van der Waals surface area contributed by atoms with Crippen LogP contribution in [0.25, 0.3) is 0 Å². The maximum absolute atomic E-state index is 11.8. The normalized spacial score (nSPS) is 18.4. The minimum absolute atomic E-state index is 0.0231. The van der Waals surface area contributed by atoms with Gasteiger partial charge in [0.2, 0.25) is 0 Å². The molecule has 0 aromatic rings. The highest BCUT2D eigenvalue weighted by molar-refractivity contribution is 6.00. The standard InChI is InChI=1S/C11H16N4O2/c12-4-7-17-8-6-15-11(16)9-14-5-2-1-3-10(14)13-15/h1-3,5H,4,6-9,12H2. The first-order valence-electron chi connectivity index (χ1n) is 5.59. The zero-order valence-corrected chi connectivity index (χ0v) is 9.58. The second-order valence-corrected chi connectivity index (χ2v) is 3.70. The summed E-state index contributed by atoms with van der Waals surface area (Å²) < 4.78 is 5.24. The van der Waals surface area contributed by atoms with Crippen molar-refractivity contribution in [1.29, 1.82) is 0 Å². The van der Waals surface area contributed by atoms with E-state index in [4.69, 9.17) is 10.5 Å². The van der Waals surface area contributed by atoms with Crippen LogP contribution in [0.15, 0.2) is 29.5 Å². The molecule has 92 valence electrons. The van der Waals surface area contributed by atoms with E-state index >= 15 is 0 Å². The number of ether oxygens (including phenoxy) is 1. The number of nitrogens with two attached hydrogens (primary N) is 1. The molecule has 0 aromatic carbocycles. The Bertz CT molecular complexity index is 376. The minimum Gasteiger partial charge on any atom is -0.378 e. The van der Waals surface area contributed by atoms with Gasteiger partial charge in [0.05, 0.1) is 19.8 Å². The number of allylic oxidation sites excluding steroid dienone is 2. The van der Waals surface area contributed by atoms with Crippen LogP contribution in [0.1, 0.15) is 0 Å². The van der Waals surface area contributed by atoms with Crippen LogP contribution in [0, 0.1) is 0 Å². The van der Waals surface area contributed by atoms with Crippen LogP contribution in [0.4, 0.5) is 0 Å². The van der Waals surface area contributed by atoms with Crippen LogP contribution >= 0.6 is 0 Å². The fourth-order valence-electron chi connectivity index (χ4n) is 1.61. The Labute approximate surface area is 100.0 Å². The number of carbonyl (C=O) groups is 1. The number of nitrogens with zero attached hydrogens (tertiary/aromatic N) is 3. The van der Waals surface area contributed by atoms with Crippen molar-refractivity contribution in [3.05, 3.63) is 24.4 Å². The Kier molecular flexibility index (Phi) is 3.89. The van der Waals surface area contributed by atoms with Crippen molar-refractivity contribution in [2.75, 3.05) is 32.8 Å². The number of hydrogen-bond acceptors (Lipinski definition) is 5. The molecule has 0 radical (unpaired) electrons. The van der Waals surface area contributed by atoms with Crippen molar-refractivity contribution in [3.8, 4) is 0 Å². The van der Waals surface area contributed by atoms with Crippen molar-refractivity contribution in [2.24, 2.45) is 10.8 Å². The molecule has 17 heavy (non-hydrogen) atoms. The maximum atomic E-state index is 11.8. The van der Waals surface area contributed by atoms with Crippen LogP contribution in [0.5, 0.6) is 0 Å². The van der Waals surface area contributed by atoms with E-state index < -0.39 is 0 Å². The van der Waals surface area contributed by atoms with Crippen molar-refractivity contribution in [3.63, 3.8) is 0 Å². The molecule has 0 saturated heterocycles. The minimum atomic E-state index is -0.0231. The Hall–Kier alpha value is -1.66. The van der Waals surface area contributed by atoms with Gasteiger partial charge in [-0.05, 0) is 12.2 Å². The predicted molar refractivity (Wildman–Crippen MR) is 64.0 cm³/mol. The van der Waals surface area contributed by atoms with Crippen molar-refractivity contribution in [1.82, 2.24) is 9.91 Å². The SMILES string of the molecule is NCCOCCN1N=C2C=CC=CN2CC1=O. The molecule has 2 N–H and O–H groups in total. The number of hydrazone groups is 1. The zero-order valence-electron chi connectivity index (χ0n) is 9.58. The number of carbonyl (C=O) groups excluding carboxylic acids is 1. The molecule has 0 saturated carbocycles. The third kappa shape index (κ3) is 2.92. The molecule has 0 aromatic heterocycles. The van der Waals surface area contributed by atoms with Gasteiger partial charge in [-0.1, -0.05) is 6.08 Å². The quantitative estimate of drug-likeness (QED) is 0.653. The highest BCUT2D eigenvalue weighted by atomic mass is 16.5. The first kappa shape index (κ1) is 11.8. The van der Waals surface area contributed by atoms with E-state index in [1.807, 2.05) is 29.3 Å². The number of fused-ring (bicyclic) bond motifs is 1. The summed E-state index contributed by atoms with van der Waals surface area (Å²) in [5.41, 5.74) is 5.31. The molecular weight excluding hydrogens is 220 g/mol. The summed E-state index contributed by atoms with van der Waals surface area (Å²) in [7, 11) is 0. The molecule has 2 aliphatic heterocycles. The van der Waals surface area contributed by atoms with Crippen molar-refractivity contribution in [2.45, 2.75) is 0 Å². The van der Waals surface area contributed by atoms with E-state index in [9.17, 15) is 4.79 Å². The van der Waals surface area contributed by atoms with E-state index in [0.717, 1.165) is 5.84 Å². The molecule has 2 aliphatic rings. The Morgan fingerprint density at radius 1 is 1.41 bits per heavy atom. The smallest absolute Gasteiger partial charge is 0.262 e. The molecule has 0 unspecified atom stereocenters. The van der Waals surface area contributed by atoms with Crippen molar-refractivity contribution >= 4 is 11.7 Å². The summed E-state index contributed by atoms with van der Waals surface area (Å²) in [4.78, 5) is 13.6. The summed E-state index contributed by atoms with van der Waals surface area (Å²) in [6, 6.07) is 0. The highest BCUT2D eigenvalue weighted by Gasteiger charge is 2.24. The number of amides is 1. The average molecular weight is 236 g/mol. The van der Waals surface area contributed by atoms with Gasteiger partial charge < -0.3 is 15.4 Å². The predicted octanol–water partition coefficient (Wildman–Crippen LogP) is -0.497. The fourth-order valence-corrected chi connectivity index (χ4v) is 1.61. The molecule has 6 nitrogen and oxygen atoms in total. The van der Waals surface area contributed by atoms with Gasteiger partial charge in [0.15, 0.2) is 5.84 Å². The van der Waals surface area contributed by atoms with E-state index in [1.54, 1.807) is 0 Å². The number of amidine groups is 1. The summed E-state index contributed by atoms with van der Waals surface area (Å²) in [6.45, 7) is 2.25. The van der Waals surface area contributed by atoms with Crippen LogP contribution in [0.2, 0.25) is 0 Å². The van der Waals surface area contributed by atoms with Crippen LogP contribution in [-0.2, 0) is 9.53 Å². The molecule has 6 heteroatoms. The lowest BCUT2D eigenvalue weighted by molar-refractivity contribution is -0.133. The van der Waals surface area contributed by atoms with Crippen LogP contribution < -0.4 is 5.73 Å². The van der Waals surface area contributed by atoms with Crippen LogP contribution in [-0.4, -0.2) is 54.5 Å². The Morgan fingerprint density at radius 2 is 2.29 bits per heavy atom. The van der Waals surface area contributed by atoms with Crippen LogP contribution in [0.3, 0.4) is 0 Å². The lowest BCUT2D eigenvalue weighted by atomic mass is 10.3. The van der Waals surface area contributed by atoms with E-state index in [0.29, 0.717) is 32.8 Å². The zero-order chi connectivity index (χ0) is 12.1. The second kappa shape index (κ2) is 5.60. The van der Waals surface area contributed by atoms with Gasteiger partial charge in [-0.15, -0.1) is 0 Å². The summed E-state index contributed by atoms with van der Waals surface area (Å²) in [5, 5.41) is 5.71. The molecule has 1 amide bonds. The Morgan fingerprint density at radius 3 is 3.12 bits per heavy atom. The van der Waals surface area contributed by atoms with Gasteiger partial charge in [0.1, 0.15) is 6.54 Å². The third-order valence-electron chi connectivity index (χ3n) is 2.44. The van der Waals surface area contributed by atoms with Gasteiger partial charge in [-0.2, -0.15) is 5.10 Å². The molecular formula is C11H16N4O2. The first-order valence-corrected chi connectivity index (χ1v) is 5.59. The average Bonchev–Trinajstić information content (AvgIpc) is 2.35. The van der Waals surface area contributed by atoms with Gasteiger partial charge in [-0.3, -0.25) is 4.79 Å². The van der Waals surface area contributed by atoms with E-state index in [2.05, 4.69) is 5.10 Å². The summed E-state index contributed by atoms with van der Waals surface area (Å²) in [5.74, 6) is 0.760. The molecule has 0 atom stereocenters. The third-order valence-corrected chi connectivity index (χ3v) is 2.44. The highest BCUT2D eigenvalue weighted by Crippen LogP contribution is 2.10. The lowest BCUT2D eigenvalue weighted by Gasteiger charge is -2.30. The topological polar surface area (TPSA) is 71.2 Å². The van der Waals surface area contributed by atoms with Gasteiger partial charge in [0.25, 0.3) is 5.91 Å². The molecule has 0 bridgehead atoms. The van der Waals surface area contributed by atoms with Gasteiger partial charge in [0, 0.05) is 12.7 Å². The number of hydrogen-bond donors (Lipinski definition) is 1. The van der Waals surface area contributed by atoms with E-state index in [-0.39, 0.29) is 5.91 Å². The van der Waals surface area contributed by atoms with Crippen molar-refractivity contribution < 1.29 is 9.53 Å². The molecule has 0 spiro atoms.